The summed E-state index contributed by atoms with van der Waals surface area (Å²) in [4.78, 5) is 8.26. The molecule has 0 aromatic rings. The van der Waals surface area contributed by atoms with Gasteiger partial charge in [0.1, 0.15) is 13.2 Å². The molecule has 56 valence electrons. The second-order valence-electron chi connectivity index (χ2n) is 2.95. The van der Waals surface area contributed by atoms with E-state index in [1.165, 1.54) is 0 Å². The summed E-state index contributed by atoms with van der Waals surface area (Å²) < 4.78 is 5.66. The Bertz CT molecular complexity index is 71.8. The van der Waals surface area contributed by atoms with E-state index in [-0.39, 0.29) is 9.03 Å². The third kappa shape index (κ3) is 8.31. The van der Waals surface area contributed by atoms with Gasteiger partial charge in [-0.05, 0) is 0 Å². The van der Waals surface area contributed by atoms with Crippen LogP contribution < -0.4 is 0 Å². The molecule has 0 fully saturated rings. The molecule has 0 amide bonds. The van der Waals surface area contributed by atoms with Gasteiger partial charge in [-0.25, -0.2) is 0 Å². The van der Waals surface area contributed by atoms with Crippen molar-refractivity contribution in [2.24, 2.45) is 0 Å². The van der Waals surface area contributed by atoms with E-state index in [1.807, 2.05) is 0 Å². The van der Waals surface area contributed by atoms with Crippen LogP contribution in [-0.2, 0) is 4.52 Å². The largest absolute Gasteiger partial charge is 0.352 e. The van der Waals surface area contributed by atoms with E-state index in [1.54, 1.807) is 0 Å². The SMILES string of the molecule is C[N+](C)(C)CCOPO. The summed E-state index contributed by atoms with van der Waals surface area (Å²) >= 11 is 0. The van der Waals surface area contributed by atoms with Gasteiger partial charge in [-0.3, -0.25) is 0 Å². The van der Waals surface area contributed by atoms with Crippen LogP contribution in [-0.4, -0.2) is 43.7 Å². The van der Waals surface area contributed by atoms with E-state index >= 15 is 0 Å². The van der Waals surface area contributed by atoms with Gasteiger partial charge < -0.3 is 13.9 Å². The van der Waals surface area contributed by atoms with Crippen molar-refractivity contribution in [1.29, 1.82) is 0 Å². The van der Waals surface area contributed by atoms with Gasteiger partial charge in [-0.15, -0.1) is 0 Å². The fourth-order valence-corrected chi connectivity index (χ4v) is 0.548. The highest BCUT2D eigenvalue weighted by Gasteiger charge is 2.04. The molecule has 0 aliphatic heterocycles. The third-order valence-corrected chi connectivity index (χ3v) is 1.26. The van der Waals surface area contributed by atoms with Gasteiger partial charge in [-0.2, -0.15) is 0 Å². The van der Waals surface area contributed by atoms with E-state index in [2.05, 4.69) is 21.1 Å². The minimum absolute atomic E-state index is 0.366. The van der Waals surface area contributed by atoms with E-state index in [9.17, 15) is 0 Å². The fraction of sp³-hybridized carbons (Fsp3) is 1.00. The van der Waals surface area contributed by atoms with Crippen LogP contribution in [0.1, 0.15) is 0 Å². The van der Waals surface area contributed by atoms with Gasteiger partial charge in [0.2, 0.25) is 0 Å². The Morgan fingerprint density at radius 3 is 2.33 bits per heavy atom. The highest BCUT2D eigenvalue weighted by Crippen LogP contribution is 2.02. The Morgan fingerprint density at radius 2 is 2.00 bits per heavy atom. The Morgan fingerprint density at radius 1 is 1.44 bits per heavy atom. The average molecular weight is 152 g/mol. The van der Waals surface area contributed by atoms with Crippen molar-refractivity contribution in [3.63, 3.8) is 0 Å². The first-order chi connectivity index (χ1) is 4.06. The predicted octanol–water partition coefficient (Wildman–Crippen LogP) is 0.210. The maximum atomic E-state index is 8.26. The molecule has 4 heteroatoms. The summed E-state index contributed by atoms with van der Waals surface area (Å²) in [5.41, 5.74) is 0. The predicted molar refractivity (Wildman–Crippen MR) is 39.4 cm³/mol. The van der Waals surface area contributed by atoms with Crippen molar-refractivity contribution in [3.05, 3.63) is 0 Å². The van der Waals surface area contributed by atoms with E-state index in [4.69, 9.17) is 9.42 Å². The molecular weight excluding hydrogens is 137 g/mol. The lowest BCUT2D eigenvalue weighted by atomic mass is 10.5. The standard InChI is InChI=1S/C5H15NO2P/c1-6(2,3)4-5-8-9-7/h7,9H,4-5H2,1-3H3/q+1. The van der Waals surface area contributed by atoms with E-state index in [0.717, 1.165) is 11.0 Å². The molecule has 0 aliphatic rings. The van der Waals surface area contributed by atoms with Crippen LogP contribution >= 0.6 is 9.03 Å². The molecule has 1 N–H and O–H groups in total. The van der Waals surface area contributed by atoms with Crippen molar-refractivity contribution >= 4 is 9.03 Å². The van der Waals surface area contributed by atoms with Crippen LogP contribution in [0.5, 0.6) is 0 Å². The van der Waals surface area contributed by atoms with Gasteiger partial charge in [0.25, 0.3) is 0 Å². The molecule has 0 spiro atoms. The average Bonchev–Trinajstić information content (AvgIpc) is 1.63. The van der Waals surface area contributed by atoms with Gasteiger partial charge in [0.15, 0.2) is 9.03 Å². The first-order valence-electron chi connectivity index (χ1n) is 2.87. The smallest absolute Gasteiger partial charge is 0.152 e. The minimum atomic E-state index is -0.366. The van der Waals surface area contributed by atoms with Crippen LogP contribution in [0.4, 0.5) is 0 Å². The van der Waals surface area contributed by atoms with Crippen molar-refractivity contribution in [2.75, 3.05) is 34.3 Å². The number of quaternary nitrogens is 1. The number of rotatable bonds is 4. The summed E-state index contributed by atoms with van der Waals surface area (Å²) in [6, 6.07) is 0. The molecule has 3 nitrogen and oxygen atoms in total. The van der Waals surface area contributed by atoms with Crippen molar-refractivity contribution in [3.8, 4) is 0 Å². The summed E-state index contributed by atoms with van der Waals surface area (Å²) in [7, 11) is 5.90. The van der Waals surface area contributed by atoms with Crippen LogP contribution in [0.3, 0.4) is 0 Å². The zero-order valence-corrected chi connectivity index (χ0v) is 7.22. The minimum Gasteiger partial charge on any atom is -0.352 e. The lowest BCUT2D eigenvalue weighted by Crippen LogP contribution is -2.37. The first-order valence-corrected chi connectivity index (χ1v) is 3.73. The van der Waals surface area contributed by atoms with Crippen molar-refractivity contribution in [1.82, 2.24) is 0 Å². The lowest BCUT2D eigenvalue weighted by molar-refractivity contribution is -0.870. The van der Waals surface area contributed by atoms with E-state index < -0.39 is 0 Å². The molecule has 9 heavy (non-hydrogen) atoms. The topological polar surface area (TPSA) is 29.5 Å². The molecule has 1 unspecified atom stereocenters. The van der Waals surface area contributed by atoms with Crippen LogP contribution in [0.25, 0.3) is 0 Å². The zero-order valence-electron chi connectivity index (χ0n) is 6.22. The molecule has 0 saturated carbocycles. The molecule has 0 saturated heterocycles. The molecular formula is C5H15NO2P+. The molecule has 0 aromatic heterocycles. The second-order valence-corrected chi connectivity index (χ2v) is 3.42. The Hall–Kier alpha value is 0.310. The summed E-state index contributed by atoms with van der Waals surface area (Å²) in [5.74, 6) is 0. The molecule has 0 bridgehead atoms. The third-order valence-electron chi connectivity index (χ3n) is 0.929. The lowest BCUT2D eigenvalue weighted by Gasteiger charge is -2.22. The monoisotopic (exact) mass is 152 g/mol. The molecule has 0 rings (SSSR count). The quantitative estimate of drug-likeness (QED) is 0.354. The molecule has 0 aromatic carbocycles. The fourth-order valence-electron chi connectivity index (χ4n) is 0.365. The first kappa shape index (κ1) is 9.31. The normalized spacial score (nSPS) is 13.3. The van der Waals surface area contributed by atoms with Gasteiger partial charge in [-0.1, -0.05) is 0 Å². The van der Waals surface area contributed by atoms with Gasteiger partial charge in [0.05, 0.1) is 21.1 Å². The zero-order chi connectivity index (χ0) is 7.33. The highest BCUT2D eigenvalue weighted by atomic mass is 31.1. The van der Waals surface area contributed by atoms with Gasteiger partial charge >= 0.3 is 0 Å². The van der Waals surface area contributed by atoms with Crippen molar-refractivity contribution in [2.45, 2.75) is 0 Å². The summed E-state index contributed by atoms with van der Waals surface area (Å²) in [6.07, 6.45) is 0. The molecule has 1 atom stereocenters. The Balaban J connectivity index is 3.07. The highest BCUT2D eigenvalue weighted by molar-refractivity contribution is 7.24. The summed E-state index contributed by atoms with van der Waals surface area (Å²) in [6.45, 7) is 1.58. The van der Waals surface area contributed by atoms with Crippen molar-refractivity contribution < 1.29 is 13.9 Å². The number of hydrogen-bond donors (Lipinski definition) is 1. The molecule has 0 aliphatic carbocycles. The maximum Gasteiger partial charge on any atom is 0.152 e. The van der Waals surface area contributed by atoms with Crippen LogP contribution in [0.15, 0.2) is 0 Å². The number of hydrogen-bond acceptors (Lipinski definition) is 2. The summed E-state index contributed by atoms with van der Waals surface area (Å²) in [5, 5.41) is 0. The molecule has 0 heterocycles. The van der Waals surface area contributed by atoms with E-state index in [0.29, 0.717) is 6.61 Å². The number of nitrogens with zero attached hydrogens (tertiary/aromatic N) is 1. The van der Waals surface area contributed by atoms with Crippen LogP contribution in [0.2, 0.25) is 0 Å². The number of likely N-dealkylation sites (N-methyl/N-ethyl adjacent to an activating group) is 1. The maximum absolute atomic E-state index is 8.26. The second kappa shape index (κ2) is 4.18. The Labute approximate surface area is 58.2 Å². The van der Waals surface area contributed by atoms with Crippen LogP contribution in [0, 0.1) is 0 Å². The Kier molecular flexibility index (Phi) is 4.32. The molecule has 0 radical (unpaired) electrons. The van der Waals surface area contributed by atoms with Gasteiger partial charge in [0, 0.05) is 0 Å².